The standard InChI is InChI=1S/C13H21N3/c1-9-4-6-15-8-13(9)16-7-5-12(14)10(2)11(16)3/h4,6,8,10-12H,5,7,14H2,1-3H3. The molecule has 1 aliphatic rings. The lowest BCUT2D eigenvalue weighted by Gasteiger charge is -2.43. The summed E-state index contributed by atoms with van der Waals surface area (Å²) in [5, 5.41) is 0. The molecule has 1 aliphatic heterocycles. The second-order valence-electron chi connectivity index (χ2n) is 4.91. The lowest BCUT2D eigenvalue weighted by atomic mass is 9.87. The molecule has 3 nitrogen and oxygen atoms in total. The van der Waals surface area contributed by atoms with Crippen LogP contribution in [0.3, 0.4) is 0 Å². The van der Waals surface area contributed by atoms with E-state index in [1.165, 1.54) is 11.3 Å². The van der Waals surface area contributed by atoms with E-state index < -0.39 is 0 Å². The van der Waals surface area contributed by atoms with Gasteiger partial charge >= 0.3 is 0 Å². The molecule has 2 rings (SSSR count). The van der Waals surface area contributed by atoms with Gasteiger partial charge < -0.3 is 10.6 Å². The zero-order valence-electron chi connectivity index (χ0n) is 10.4. The van der Waals surface area contributed by atoms with Crippen molar-refractivity contribution in [3.05, 3.63) is 24.0 Å². The molecule has 88 valence electrons. The Morgan fingerprint density at radius 2 is 2.19 bits per heavy atom. The minimum Gasteiger partial charge on any atom is -0.367 e. The molecule has 0 aromatic carbocycles. The first-order valence-corrected chi connectivity index (χ1v) is 6.04. The Morgan fingerprint density at radius 3 is 2.88 bits per heavy atom. The summed E-state index contributed by atoms with van der Waals surface area (Å²) in [4.78, 5) is 6.67. The van der Waals surface area contributed by atoms with Crippen molar-refractivity contribution in [3.63, 3.8) is 0 Å². The van der Waals surface area contributed by atoms with Crippen LogP contribution in [0, 0.1) is 12.8 Å². The molecule has 0 bridgehead atoms. The normalized spacial score (nSPS) is 30.5. The van der Waals surface area contributed by atoms with E-state index in [1.54, 1.807) is 0 Å². The highest BCUT2D eigenvalue weighted by molar-refractivity contribution is 5.52. The third-order valence-corrected chi connectivity index (χ3v) is 3.95. The molecule has 3 atom stereocenters. The second-order valence-corrected chi connectivity index (χ2v) is 4.91. The van der Waals surface area contributed by atoms with E-state index >= 15 is 0 Å². The molecule has 0 radical (unpaired) electrons. The van der Waals surface area contributed by atoms with E-state index in [2.05, 4.69) is 36.7 Å². The number of aryl methyl sites for hydroxylation is 1. The van der Waals surface area contributed by atoms with Crippen molar-refractivity contribution in [1.82, 2.24) is 4.98 Å². The Labute approximate surface area is 97.7 Å². The smallest absolute Gasteiger partial charge is 0.0584 e. The molecular weight excluding hydrogens is 198 g/mol. The van der Waals surface area contributed by atoms with Crippen molar-refractivity contribution >= 4 is 5.69 Å². The highest BCUT2D eigenvalue weighted by Gasteiger charge is 2.30. The molecule has 1 aromatic heterocycles. The van der Waals surface area contributed by atoms with Gasteiger partial charge in [-0.1, -0.05) is 6.92 Å². The van der Waals surface area contributed by atoms with Gasteiger partial charge in [-0.15, -0.1) is 0 Å². The molecule has 2 N–H and O–H groups in total. The Morgan fingerprint density at radius 1 is 1.44 bits per heavy atom. The molecule has 1 aromatic rings. The molecule has 1 fully saturated rings. The lowest BCUT2D eigenvalue weighted by Crippen LogP contribution is -2.52. The quantitative estimate of drug-likeness (QED) is 0.785. The van der Waals surface area contributed by atoms with Gasteiger partial charge in [-0.2, -0.15) is 0 Å². The summed E-state index contributed by atoms with van der Waals surface area (Å²) in [5.41, 5.74) is 8.66. The van der Waals surface area contributed by atoms with Gasteiger partial charge in [0.05, 0.1) is 11.9 Å². The van der Waals surface area contributed by atoms with E-state index in [-0.39, 0.29) is 0 Å². The van der Waals surface area contributed by atoms with Gasteiger partial charge in [-0.05, 0) is 37.8 Å². The van der Waals surface area contributed by atoms with Gasteiger partial charge in [-0.25, -0.2) is 0 Å². The summed E-state index contributed by atoms with van der Waals surface area (Å²) in [6.45, 7) is 7.69. The molecule has 2 heterocycles. The minimum absolute atomic E-state index is 0.336. The zero-order chi connectivity index (χ0) is 11.7. The Bertz CT molecular complexity index is 364. The Kier molecular flexibility index (Phi) is 3.15. The molecule has 0 aliphatic carbocycles. The van der Waals surface area contributed by atoms with Crippen LogP contribution in [0.4, 0.5) is 5.69 Å². The van der Waals surface area contributed by atoms with Crippen LogP contribution in [0.25, 0.3) is 0 Å². The topological polar surface area (TPSA) is 42.2 Å². The second kappa shape index (κ2) is 4.42. The molecular formula is C13H21N3. The summed E-state index contributed by atoms with van der Waals surface area (Å²) in [6, 6.07) is 2.90. The number of pyridine rings is 1. The van der Waals surface area contributed by atoms with Crippen LogP contribution in [0.5, 0.6) is 0 Å². The third kappa shape index (κ3) is 1.92. The summed E-state index contributed by atoms with van der Waals surface area (Å²) < 4.78 is 0. The molecule has 16 heavy (non-hydrogen) atoms. The summed E-state index contributed by atoms with van der Waals surface area (Å²) >= 11 is 0. The van der Waals surface area contributed by atoms with Crippen molar-refractivity contribution in [3.8, 4) is 0 Å². The maximum absolute atomic E-state index is 6.10. The van der Waals surface area contributed by atoms with Gasteiger partial charge in [0.15, 0.2) is 0 Å². The molecule has 0 saturated carbocycles. The predicted molar refractivity (Wildman–Crippen MR) is 67.5 cm³/mol. The number of anilines is 1. The first kappa shape index (κ1) is 11.4. The molecule has 3 unspecified atom stereocenters. The van der Waals surface area contributed by atoms with Gasteiger partial charge in [0.25, 0.3) is 0 Å². The number of piperidine rings is 1. The predicted octanol–water partition coefficient (Wildman–Crippen LogP) is 1.95. The number of hydrogen-bond donors (Lipinski definition) is 1. The number of nitrogens with two attached hydrogens (primary N) is 1. The third-order valence-electron chi connectivity index (χ3n) is 3.95. The fourth-order valence-corrected chi connectivity index (χ4v) is 2.49. The molecule has 1 saturated heterocycles. The van der Waals surface area contributed by atoms with E-state index in [4.69, 9.17) is 5.73 Å². The van der Waals surface area contributed by atoms with Crippen LogP contribution >= 0.6 is 0 Å². The zero-order valence-corrected chi connectivity index (χ0v) is 10.4. The van der Waals surface area contributed by atoms with Crippen molar-refractivity contribution in [2.75, 3.05) is 11.4 Å². The van der Waals surface area contributed by atoms with Gasteiger partial charge in [0, 0.05) is 24.8 Å². The van der Waals surface area contributed by atoms with Crippen molar-refractivity contribution < 1.29 is 0 Å². The van der Waals surface area contributed by atoms with Gasteiger partial charge in [0.1, 0.15) is 0 Å². The maximum Gasteiger partial charge on any atom is 0.0584 e. The van der Waals surface area contributed by atoms with Crippen molar-refractivity contribution in [1.29, 1.82) is 0 Å². The molecule has 3 heteroatoms. The Hall–Kier alpha value is -1.09. The summed E-state index contributed by atoms with van der Waals surface area (Å²) in [7, 11) is 0. The average Bonchev–Trinajstić information content (AvgIpc) is 2.28. The van der Waals surface area contributed by atoms with Crippen molar-refractivity contribution in [2.24, 2.45) is 11.7 Å². The van der Waals surface area contributed by atoms with Crippen LogP contribution in [0.2, 0.25) is 0 Å². The summed E-state index contributed by atoms with van der Waals surface area (Å²) in [5.74, 6) is 0.536. The summed E-state index contributed by atoms with van der Waals surface area (Å²) in [6.07, 6.45) is 4.89. The van der Waals surface area contributed by atoms with E-state index in [0.29, 0.717) is 18.0 Å². The monoisotopic (exact) mass is 219 g/mol. The number of aromatic nitrogens is 1. The van der Waals surface area contributed by atoms with E-state index in [9.17, 15) is 0 Å². The lowest BCUT2D eigenvalue weighted by molar-refractivity contribution is 0.315. The minimum atomic E-state index is 0.336. The van der Waals surface area contributed by atoms with E-state index in [1.807, 2.05) is 12.4 Å². The van der Waals surface area contributed by atoms with E-state index in [0.717, 1.165) is 13.0 Å². The van der Waals surface area contributed by atoms with Crippen molar-refractivity contribution in [2.45, 2.75) is 39.3 Å². The fraction of sp³-hybridized carbons (Fsp3) is 0.615. The average molecular weight is 219 g/mol. The highest BCUT2D eigenvalue weighted by Crippen LogP contribution is 2.29. The number of rotatable bonds is 1. The van der Waals surface area contributed by atoms with Gasteiger partial charge in [-0.3, -0.25) is 4.98 Å². The van der Waals surface area contributed by atoms with Gasteiger partial charge in [0.2, 0.25) is 0 Å². The van der Waals surface area contributed by atoms with Crippen LogP contribution in [0.1, 0.15) is 25.8 Å². The maximum atomic E-state index is 6.10. The van der Waals surface area contributed by atoms with Crippen LogP contribution in [-0.2, 0) is 0 Å². The first-order valence-electron chi connectivity index (χ1n) is 6.04. The molecule has 0 amide bonds. The highest BCUT2D eigenvalue weighted by atomic mass is 15.2. The fourth-order valence-electron chi connectivity index (χ4n) is 2.49. The Balaban J connectivity index is 2.25. The SMILES string of the molecule is Cc1ccncc1N1CCC(N)C(C)C1C. The largest absolute Gasteiger partial charge is 0.367 e. The first-order chi connectivity index (χ1) is 7.61. The number of nitrogens with zero attached hydrogens (tertiary/aromatic N) is 2. The van der Waals surface area contributed by atoms with Crippen LogP contribution < -0.4 is 10.6 Å². The number of hydrogen-bond acceptors (Lipinski definition) is 3. The van der Waals surface area contributed by atoms with Crippen LogP contribution in [-0.4, -0.2) is 23.6 Å². The molecule has 0 spiro atoms. The van der Waals surface area contributed by atoms with Crippen LogP contribution in [0.15, 0.2) is 18.5 Å².